The van der Waals surface area contributed by atoms with Gasteiger partial charge in [0.2, 0.25) is 11.8 Å². The van der Waals surface area contributed by atoms with Gasteiger partial charge in [0.25, 0.3) is 5.91 Å². The Labute approximate surface area is 304 Å². The predicted octanol–water partition coefficient (Wildman–Crippen LogP) is 4.48. The molecule has 8 rings (SSSR count). The minimum absolute atomic E-state index is 0.0584. The van der Waals surface area contributed by atoms with Crippen molar-refractivity contribution in [2.45, 2.75) is 45.4 Å². The number of imidazole rings is 1. The first kappa shape index (κ1) is 33.6. The molecule has 2 aliphatic rings. The second-order valence-electron chi connectivity index (χ2n) is 13.6. The van der Waals surface area contributed by atoms with Gasteiger partial charge in [0, 0.05) is 56.0 Å². The maximum absolute atomic E-state index is 13.1. The van der Waals surface area contributed by atoms with E-state index in [0.717, 1.165) is 64.0 Å². The summed E-state index contributed by atoms with van der Waals surface area (Å²) in [6.07, 6.45) is 5.88. The number of imide groups is 1. The Morgan fingerprint density at radius 2 is 1.87 bits per heavy atom. The van der Waals surface area contributed by atoms with Crippen LogP contribution in [0.5, 0.6) is 0 Å². The molecule has 6 heterocycles. The molecule has 0 radical (unpaired) electrons. The summed E-state index contributed by atoms with van der Waals surface area (Å²) in [4.78, 5) is 66.1. The lowest BCUT2D eigenvalue weighted by Crippen LogP contribution is -2.39. The summed E-state index contributed by atoms with van der Waals surface area (Å²) in [5.74, 6) is 5.43. The Morgan fingerprint density at radius 1 is 1.02 bits per heavy atom. The third-order valence-electron chi connectivity index (χ3n) is 10.1. The summed E-state index contributed by atoms with van der Waals surface area (Å²) in [6.45, 7) is 4.71. The molecule has 0 spiro atoms. The number of amides is 3. The van der Waals surface area contributed by atoms with Crippen molar-refractivity contribution in [2.24, 2.45) is 14.1 Å². The quantitative estimate of drug-likeness (QED) is 0.195. The Morgan fingerprint density at radius 3 is 2.68 bits per heavy atom. The van der Waals surface area contributed by atoms with Crippen molar-refractivity contribution in [3.05, 3.63) is 99.2 Å². The molecule has 13 heteroatoms. The number of nitrogens with one attached hydrogen (secondary N) is 2. The Kier molecular flexibility index (Phi) is 8.37. The Hall–Kier alpha value is -6.55. The van der Waals surface area contributed by atoms with Crippen molar-refractivity contribution in [1.82, 2.24) is 34.7 Å². The third kappa shape index (κ3) is 6.01. The molecule has 1 saturated heterocycles. The van der Waals surface area contributed by atoms with Crippen molar-refractivity contribution < 1.29 is 18.8 Å². The van der Waals surface area contributed by atoms with Crippen molar-refractivity contribution in [3.63, 3.8) is 0 Å². The first-order chi connectivity index (χ1) is 25.6. The number of benzene rings is 2. The summed E-state index contributed by atoms with van der Waals surface area (Å²) < 4.78 is 9.25. The molecule has 2 aromatic carbocycles. The van der Waals surface area contributed by atoms with Crippen molar-refractivity contribution in [3.8, 4) is 23.2 Å². The maximum Gasteiger partial charge on any atom is 0.328 e. The van der Waals surface area contributed by atoms with E-state index in [1.165, 1.54) is 0 Å². The van der Waals surface area contributed by atoms with Gasteiger partial charge in [-0.25, -0.2) is 14.8 Å². The zero-order valence-electron chi connectivity index (χ0n) is 29.7. The van der Waals surface area contributed by atoms with E-state index in [0.29, 0.717) is 34.7 Å². The maximum atomic E-state index is 13.1. The predicted molar refractivity (Wildman–Crippen MR) is 199 cm³/mol. The van der Waals surface area contributed by atoms with Crippen molar-refractivity contribution >= 4 is 51.1 Å². The van der Waals surface area contributed by atoms with Gasteiger partial charge in [-0.3, -0.25) is 33.8 Å². The van der Waals surface area contributed by atoms with Crippen LogP contribution in [0, 0.1) is 25.7 Å². The van der Waals surface area contributed by atoms with Crippen LogP contribution >= 0.6 is 0 Å². The lowest BCUT2D eigenvalue weighted by Gasteiger charge is -2.31. The van der Waals surface area contributed by atoms with E-state index < -0.39 is 5.92 Å². The number of fused-ring (bicyclic) bond motifs is 3. The number of pyridine rings is 1. The van der Waals surface area contributed by atoms with E-state index >= 15 is 0 Å². The number of hydrogen-bond donors (Lipinski definition) is 2. The molecule has 1 fully saturated rings. The van der Waals surface area contributed by atoms with E-state index in [1.54, 1.807) is 41.6 Å². The lowest BCUT2D eigenvalue weighted by molar-refractivity contribution is -0.134. The normalized spacial score (nSPS) is 15.6. The molecule has 1 atom stereocenters. The van der Waals surface area contributed by atoms with E-state index in [4.69, 9.17) is 14.4 Å². The molecule has 4 aromatic heterocycles. The molecule has 6 aromatic rings. The number of aromatic nitrogens is 5. The molecule has 3 amide bonds. The minimum atomic E-state index is -0.439. The second-order valence-corrected chi connectivity index (χ2v) is 13.6. The number of anilines is 2. The molecule has 266 valence electrons. The molecule has 0 bridgehead atoms. The van der Waals surface area contributed by atoms with Gasteiger partial charge in [-0.15, -0.1) is 0 Å². The standard InChI is InChI=1S/C40H36N8O5/c1-22-16-24(37-43-21-32-30(44-37)10-7-15-48(32)25-17-23(2)36-31(18-25)46(3)40(52)47(36)4)20-42-35(22)39(51)41-14-6-8-26-19-29-27(9-5-11-33(29)53-26)28-12-13-34(49)45-38(28)50/h5,9,11,16-21,28H,7,10,12-15H2,1-4H3,(H,41,51)(H,45,49,50). The first-order valence-corrected chi connectivity index (χ1v) is 17.5. The van der Waals surface area contributed by atoms with E-state index in [-0.39, 0.29) is 42.1 Å². The van der Waals surface area contributed by atoms with Gasteiger partial charge in [-0.2, -0.15) is 0 Å². The molecule has 2 N–H and O–H groups in total. The highest BCUT2D eigenvalue weighted by Crippen LogP contribution is 2.36. The van der Waals surface area contributed by atoms with E-state index in [1.807, 2.05) is 38.2 Å². The van der Waals surface area contributed by atoms with Gasteiger partial charge in [-0.1, -0.05) is 18.1 Å². The van der Waals surface area contributed by atoms with Crippen LogP contribution in [0.15, 0.2) is 64.1 Å². The van der Waals surface area contributed by atoms with Crippen LogP contribution in [0.2, 0.25) is 0 Å². The largest absolute Gasteiger partial charge is 0.448 e. The van der Waals surface area contributed by atoms with Crippen LogP contribution in [0.25, 0.3) is 33.4 Å². The Bertz CT molecular complexity index is 2640. The number of nitrogens with zero attached hydrogens (tertiary/aromatic N) is 6. The lowest BCUT2D eigenvalue weighted by atomic mass is 9.88. The van der Waals surface area contributed by atoms with Gasteiger partial charge in [0.1, 0.15) is 11.3 Å². The number of carbonyl (C=O) groups is 3. The highest BCUT2D eigenvalue weighted by atomic mass is 16.3. The summed E-state index contributed by atoms with van der Waals surface area (Å²) in [7, 11) is 3.59. The van der Waals surface area contributed by atoms with Gasteiger partial charge < -0.3 is 14.6 Å². The smallest absolute Gasteiger partial charge is 0.328 e. The zero-order chi connectivity index (χ0) is 37.0. The SMILES string of the molecule is Cc1cc(-c2ncc3c(n2)CCCN3c2cc(C)c3c(c2)n(C)c(=O)n3C)cnc1C(=O)NCC#Cc1cc2c(C3CCC(=O)NC3=O)cccc2o1. The molecular formula is C40H36N8O5. The molecule has 53 heavy (non-hydrogen) atoms. The van der Waals surface area contributed by atoms with Crippen LogP contribution in [0.4, 0.5) is 11.4 Å². The summed E-state index contributed by atoms with van der Waals surface area (Å²) >= 11 is 0. The van der Waals surface area contributed by atoms with Crippen LogP contribution < -0.4 is 21.2 Å². The highest BCUT2D eigenvalue weighted by molar-refractivity contribution is 6.03. The van der Waals surface area contributed by atoms with E-state index in [2.05, 4.69) is 44.5 Å². The number of rotatable bonds is 5. The monoisotopic (exact) mass is 708 g/mol. The fraction of sp³-hybridized carbons (Fsp3) is 0.275. The third-order valence-corrected chi connectivity index (χ3v) is 10.1. The zero-order valence-corrected chi connectivity index (χ0v) is 29.7. The topological polar surface area (TPSA) is 157 Å². The fourth-order valence-electron chi connectivity index (χ4n) is 7.48. The Balaban J connectivity index is 0.955. The van der Waals surface area contributed by atoms with Crippen LogP contribution in [0.3, 0.4) is 0 Å². The fourth-order valence-corrected chi connectivity index (χ4v) is 7.48. The number of hydrogen-bond acceptors (Lipinski definition) is 9. The molecule has 0 aliphatic carbocycles. The number of piperidine rings is 1. The number of carbonyl (C=O) groups excluding carboxylic acids is 3. The van der Waals surface area contributed by atoms with E-state index in [9.17, 15) is 19.2 Å². The molecular weight excluding hydrogens is 672 g/mol. The van der Waals surface area contributed by atoms with Crippen molar-refractivity contribution in [2.75, 3.05) is 18.0 Å². The highest BCUT2D eigenvalue weighted by Gasteiger charge is 2.30. The summed E-state index contributed by atoms with van der Waals surface area (Å²) in [5, 5.41) is 5.98. The summed E-state index contributed by atoms with van der Waals surface area (Å²) in [6, 6.07) is 13.3. The van der Waals surface area contributed by atoms with Crippen molar-refractivity contribution in [1.29, 1.82) is 0 Å². The van der Waals surface area contributed by atoms with Gasteiger partial charge in [0.05, 0.1) is 41.1 Å². The second kappa shape index (κ2) is 13.2. The molecule has 13 nitrogen and oxygen atoms in total. The minimum Gasteiger partial charge on any atom is -0.448 e. The van der Waals surface area contributed by atoms with Gasteiger partial charge >= 0.3 is 5.69 Å². The first-order valence-electron chi connectivity index (χ1n) is 17.5. The van der Waals surface area contributed by atoms with Crippen LogP contribution in [0.1, 0.15) is 63.8 Å². The van der Waals surface area contributed by atoms with Crippen LogP contribution in [-0.4, -0.2) is 54.9 Å². The van der Waals surface area contributed by atoms with Gasteiger partial charge in [-0.05, 0) is 80.0 Å². The number of aryl methyl sites for hydroxylation is 5. The van der Waals surface area contributed by atoms with Gasteiger partial charge in [0.15, 0.2) is 11.6 Å². The molecule has 2 aliphatic heterocycles. The molecule has 1 unspecified atom stereocenters. The molecule has 0 saturated carbocycles. The average molecular weight is 709 g/mol. The summed E-state index contributed by atoms with van der Waals surface area (Å²) in [5.41, 5.74) is 8.64. The average Bonchev–Trinajstić information content (AvgIpc) is 3.67. The number of furan rings is 1. The van der Waals surface area contributed by atoms with Crippen LogP contribution in [-0.2, 0) is 30.1 Å².